The van der Waals surface area contributed by atoms with Gasteiger partial charge in [0.1, 0.15) is 0 Å². The maximum atomic E-state index is 5.94. The van der Waals surface area contributed by atoms with Gasteiger partial charge in [-0.1, -0.05) is 20.3 Å². The van der Waals surface area contributed by atoms with E-state index in [1.807, 2.05) is 0 Å². The zero-order chi connectivity index (χ0) is 10.4. The summed E-state index contributed by atoms with van der Waals surface area (Å²) in [5.74, 6) is 3.30. The summed E-state index contributed by atoms with van der Waals surface area (Å²) in [6.07, 6.45) is 5.40. The van der Waals surface area contributed by atoms with Crippen LogP contribution in [0.4, 0.5) is 0 Å². The lowest BCUT2D eigenvalue weighted by atomic mass is 9.98. The molecular formula is C12H24ClN. The van der Waals surface area contributed by atoms with Crippen molar-refractivity contribution in [1.29, 1.82) is 0 Å². The number of nitrogens with one attached hydrogen (secondary N) is 1. The molecule has 1 saturated carbocycles. The molecule has 2 heteroatoms. The minimum atomic E-state index is 0.781. The molecule has 0 bridgehead atoms. The Hall–Kier alpha value is 0.250. The van der Waals surface area contributed by atoms with E-state index in [9.17, 15) is 0 Å². The Morgan fingerprint density at radius 2 is 2.00 bits per heavy atom. The van der Waals surface area contributed by atoms with Gasteiger partial charge < -0.3 is 5.32 Å². The van der Waals surface area contributed by atoms with E-state index in [1.165, 1.54) is 38.8 Å². The second-order valence-electron chi connectivity index (χ2n) is 4.99. The summed E-state index contributed by atoms with van der Waals surface area (Å²) >= 11 is 5.94. The van der Waals surface area contributed by atoms with Crippen LogP contribution in [-0.4, -0.2) is 19.0 Å². The van der Waals surface area contributed by atoms with Crippen molar-refractivity contribution in [2.45, 2.75) is 39.5 Å². The van der Waals surface area contributed by atoms with Gasteiger partial charge in [-0.15, -0.1) is 11.6 Å². The Labute approximate surface area is 93.6 Å². The SMILES string of the molecule is CC(C)CCNCC1CCCC1CCl. The third-order valence-electron chi connectivity index (χ3n) is 3.32. The fourth-order valence-electron chi connectivity index (χ4n) is 2.26. The molecule has 2 unspecified atom stereocenters. The quantitative estimate of drug-likeness (QED) is 0.532. The first kappa shape index (κ1) is 12.3. The van der Waals surface area contributed by atoms with E-state index in [-0.39, 0.29) is 0 Å². The predicted octanol–water partition coefficient (Wildman–Crippen LogP) is 3.28. The van der Waals surface area contributed by atoms with Crippen LogP contribution in [0, 0.1) is 17.8 Å². The first-order valence-corrected chi connectivity index (χ1v) is 6.54. The number of hydrogen-bond acceptors (Lipinski definition) is 1. The van der Waals surface area contributed by atoms with Gasteiger partial charge in [-0.05, 0) is 50.1 Å². The van der Waals surface area contributed by atoms with E-state index in [0.717, 1.165) is 23.6 Å². The summed E-state index contributed by atoms with van der Waals surface area (Å²) in [7, 11) is 0. The molecule has 1 fully saturated rings. The molecule has 14 heavy (non-hydrogen) atoms. The molecule has 1 aliphatic carbocycles. The molecule has 0 aliphatic heterocycles. The average Bonchev–Trinajstić information content (AvgIpc) is 2.59. The van der Waals surface area contributed by atoms with Gasteiger partial charge in [-0.3, -0.25) is 0 Å². The fourth-order valence-corrected chi connectivity index (χ4v) is 2.67. The van der Waals surface area contributed by atoms with Crippen LogP contribution in [0.15, 0.2) is 0 Å². The monoisotopic (exact) mass is 217 g/mol. The minimum Gasteiger partial charge on any atom is -0.316 e. The van der Waals surface area contributed by atoms with Gasteiger partial charge in [-0.2, -0.15) is 0 Å². The molecule has 2 atom stereocenters. The van der Waals surface area contributed by atoms with Crippen molar-refractivity contribution in [1.82, 2.24) is 5.32 Å². The van der Waals surface area contributed by atoms with Crippen LogP contribution >= 0.6 is 11.6 Å². The summed E-state index contributed by atoms with van der Waals surface area (Å²) in [6.45, 7) is 6.91. The largest absolute Gasteiger partial charge is 0.316 e. The topological polar surface area (TPSA) is 12.0 Å². The lowest BCUT2D eigenvalue weighted by molar-refractivity contribution is 0.388. The van der Waals surface area contributed by atoms with Crippen LogP contribution in [0.5, 0.6) is 0 Å². The molecule has 1 rings (SSSR count). The third-order valence-corrected chi connectivity index (χ3v) is 3.72. The molecule has 0 radical (unpaired) electrons. The van der Waals surface area contributed by atoms with Crippen molar-refractivity contribution >= 4 is 11.6 Å². The zero-order valence-electron chi connectivity index (χ0n) is 9.56. The Kier molecular flexibility index (Phi) is 5.88. The Morgan fingerprint density at radius 3 is 2.64 bits per heavy atom. The molecule has 0 aromatic carbocycles. The lowest BCUT2D eigenvalue weighted by Crippen LogP contribution is -2.27. The average molecular weight is 218 g/mol. The molecule has 84 valence electrons. The molecule has 0 aromatic heterocycles. The molecule has 1 N–H and O–H groups in total. The number of halogens is 1. The van der Waals surface area contributed by atoms with Crippen LogP contribution in [0.2, 0.25) is 0 Å². The predicted molar refractivity (Wildman–Crippen MR) is 63.9 cm³/mol. The van der Waals surface area contributed by atoms with E-state index in [1.54, 1.807) is 0 Å². The van der Waals surface area contributed by atoms with Gasteiger partial charge in [0.25, 0.3) is 0 Å². The second-order valence-corrected chi connectivity index (χ2v) is 5.30. The molecule has 0 aromatic rings. The Bertz CT molecular complexity index is 147. The van der Waals surface area contributed by atoms with Crippen molar-refractivity contribution in [2.75, 3.05) is 19.0 Å². The highest BCUT2D eigenvalue weighted by Crippen LogP contribution is 2.31. The number of rotatable bonds is 6. The second kappa shape index (κ2) is 6.68. The highest BCUT2D eigenvalue weighted by atomic mass is 35.5. The summed E-state index contributed by atoms with van der Waals surface area (Å²) < 4.78 is 0. The first-order valence-electron chi connectivity index (χ1n) is 6.00. The van der Waals surface area contributed by atoms with Gasteiger partial charge in [0.2, 0.25) is 0 Å². The smallest absolute Gasteiger partial charge is 0.0254 e. The van der Waals surface area contributed by atoms with E-state index in [4.69, 9.17) is 11.6 Å². The molecule has 0 amide bonds. The van der Waals surface area contributed by atoms with Gasteiger partial charge in [0.05, 0.1) is 0 Å². The minimum absolute atomic E-state index is 0.781. The summed E-state index contributed by atoms with van der Waals surface area (Å²) in [6, 6.07) is 0. The highest BCUT2D eigenvalue weighted by Gasteiger charge is 2.25. The van der Waals surface area contributed by atoms with Crippen LogP contribution in [0.3, 0.4) is 0 Å². The van der Waals surface area contributed by atoms with E-state index in [2.05, 4.69) is 19.2 Å². The number of alkyl halides is 1. The van der Waals surface area contributed by atoms with E-state index < -0.39 is 0 Å². The first-order chi connectivity index (χ1) is 6.74. The lowest BCUT2D eigenvalue weighted by Gasteiger charge is -2.17. The molecular weight excluding hydrogens is 194 g/mol. The van der Waals surface area contributed by atoms with Gasteiger partial charge in [-0.25, -0.2) is 0 Å². The van der Waals surface area contributed by atoms with Crippen molar-refractivity contribution in [2.24, 2.45) is 17.8 Å². The van der Waals surface area contributed by atoms with Crippen LogP contribution in [0.1, 0.15) is 39.5 Å². The number of hydrogen-bond donors (Lipinski definition) is 1. The molecule has 0 saturated heterocycles. The van der Waals surface area contributed by atoms with Crippen molar-refractivity contribution in [3.05, 3.63) is 0 Å². The fraction of sp³-hybridized carbons (Fsp3) is 1.00. The molecule has 0 heterocycles. The van der Waals surface area contributed by atoms with Crippen LogP contribution in [-0.2, 0) is 0 Å². The summed E-state index contributed by atoms with van der Waals surface area (Å²) in [4.78, 5) is 0. The molecule has 1 nitrogen and oxygen atoms in total. The highest BCUT2D eigenvalue weighted by molar-refractivity contribution is 6.18. The zero-order valence-corrected chi connectivity index (χ0v) is 10.3. The van der Waals surface area contributed by atoms with Crippen LogP contribution < -0.4 is 5.32 Å². The van der Waals surface area contributed by atoms with Crippen LogP contribution in [0.25, 0.3) is 0 Å². The summed E-state index contributed by atoms with van der Waals surface area (Å²) in [5, 5.41) is 3.56. The Morgan fingerprint density at radius 1 is 1.29 bits per heavy atom. The van der Waals surface area contributed by atoms with Gasteiger partial charge in [0, 0.05) is 5.88 Å². The maximum absolute atomic E-state index is 5.94. The molecule has 0 spiro atoms. The summed E-state index contributed by atoms with van der Waals surface area (Å²) in [5.41, 5.74) is 0. The Balaban J connectivity index is 2.05. The standard InChI is InChI=1S/C12H24ClN/c1-10(2)6-7-14-9-12-5-3-4-11(12)8-13/h10-12,14H,3-9H2,1-2H3. The van der Waals surface area contributed by atoms with E-state index in [0.29, 0.717) is 0 Å². The normalized spacial score (nSPS) is 27.4. The third kappa shape index (κ3) is 4.18. The van der Waals surface area contributed by atoms with Crippen molar-refractivity contribution in [3.63, 3.8) is 0 Å². The van der Waals surface area contributed by atoms with Gasteiger partial charge >= 0.3 is 0 Å². The van der Waals surface area contributed by atoms with Crippen molar-refractivity contribution in [3.8, 4) is 0 Å². The van der Waals surface area contributed by atoms with Gasteiger partial charge in [0.15, 0.2) is 0 Å². The van der Waals surface area contributed by atoms with Crippen molar-refractivity contribution < 1.29 is 0 Å². The maximum Gasteiger partial charge on any atom is 0.0254 e. The molecule has 1 aliphatic rings. The van der Waals surface area contributed by atoms with E-state index >= 15 is 0 Å².